The molecule has 0 radical (unpaired) electrons. The molecular formula is C13H22ClFN2. The van der Waals surface area contributed by atoms with Gasteiger partial charge in [-0.2, -0.15) is 0 Å². The van der Waals surface area contributed by atoms with Crippen molar-refractivity contribution in [3.8, 4) is 0 Å². The Morgan fingerprint density at radius 3 is 2.59 bits per heavy atom. The van der Waals surface area contributed by atoms with Gasteiger partial charge in [0.1, 0.15) is 5.82 Å². The van der Waals surface area contributed by atoms with Gasteiger partial charge in [0.2, 0.25) is 0 Å². The molecule has 98 valence electrons. The highest BCUT2D eigenvalue weighted by molar-refractivity contribution is 5.85. The summed E-state index contributed by atoms with van der Waals surface area (Å²) in [6, 6.07) is 5.54. The quantitative estimate of drug-likeness (QED) is 0.882. The summed E-state index contributed by atoms with van der Waals surface area (Å²) in [7, 11) is 1.98. The molecule has 1 aromatic rings. The van der Waals surface area contributed by atoms with E-state index in [9.17, 15) is 4.39 Å². The minimum absolute atomic E-state index is 0. The third-order valence-electron chi connectivity index (χ3n) is 3.10. The van der Waals surface area contributed by atoms with Crippen molar-refractivity contribution in [2.45, 2.75) is 32.9 Å². The molecule has 0 amide bonds. The number of hydrogen-bond acceptors (Lipinski definition) is 2. The molecule has 0 bridgehead atoms. The topological polar surface area (TPSA) is 29.3 Å². The molecule has 2 N–H and O–H groups in total. The average molecular weight is 261 g/mol. The van der Waals surface area contributed by atoms with Crippen molar-refractivity contribution in [2.75, 3.05) is 13.6 Å². The van der Waals surface area contributed by atoms with E-state index < -0.39 is 0 Å². The number of aryl methyl sites for hydroxylation is 1. The summed E-state index contributed by atoms with van der Waals surface area (Å²) in [5.41, 5.74) is 7.48. The van der Waals surface area contributed by atoms with Crippen molar-refractivity contribution in [1.29, 1.82) is 0 Å². The standard InChI is InChI=1S/C13H21FN2.ClH/c1-4-11-6-5-7-13(14)12(11)9-16(3)10(2)8-15;/h5-7,10H,4,8-9,15H2,1-3H3;1H. The van der Waals surface area contributed by atoms with Crippen molar-refractivity contribution in [3.63, 3.8) is 0 Å². The van der Waals surface area contributed by atoms with Crippen molar-refractivity contribution in [2.24, 2.45) is 5.73 Å². The second-order valence-corrected chi connectivity index (χ2v) is 4.23. The van der Waals surface area contributed by atoms with E-state index in [1.54, 1.807) is 6.07 Å². The number of hydrogen-bond donors (Lipinski definition) is 1. The van der Waals surface area contributed by atoms with E-state index in [1.807, 2.05) is 27.0 Å². The van der Waals surface area contributed by atoms with Gasteiger partial charge in [-0.15, -0.1) is 12.4 Å². The van der Waals surface area contributed by atoms with Crippen LogP contribution in [-0.4, -0.2) is 24.5 Å². The molecule has 0 fully saturated rings. The molecule has 0 aliphatic heterocycles. The zero-order valence-electron chi connectivity index (χ0n) is 10.7. The Morgan fingerprint density at radius 2 is 2.06 bits per heavy atom. The number of halogens is 2. The summed E-state index contributed by atoms with van der Waals surface area (Å²) >= 11 is 0. The lowest BCUT2D eigenvalue weighted by atomic mass is 10.0. The molecule has 2 nitrogen and oxygen atoms in total. The van der Waals surface area contributed by atoms with Crippen LogP contribution in [0, 0.1) is 5.82 Å². The molecule has 17 heavy (non-hydrogen) atoms. The van der Waals surface area contributed by atoms with Crippen molar-refractivity contribution < 1.29 is 4.39 Å². The molecule has 1 rings (SSSR count). The molecule has 0 aliphatic carbocycles. The van der Waals surface area contributed by atoms with Crippen LogP contribution in [0.3, 0.4) is 0 Å². The normalized spacial score (nSPS) is 12.4. The van der Waals surface area contributed by atoms with Crippen molar-refractivity contribution >= 4 is 12.4 Å². The number of nitrogens with zero attached hydrogens (tertiary/aromatic N) is 1. The molecule has 0 saturated heterocycles. The maximum absolute atomic E-state index is 13.7. The lowest BCUT2D eigenvalue weighted by Gasteiger charge is -2.24. The molecule has 1 aromatic carbocycles. The SMILES string of the molecule is CCc1cccc(F)c1CN(C)C(C)CN.Cl. The number of benzene rings is 1. The summed E-state index contributed by atoms with van der Waals surface area (Å²) in [5.74, 6) is -0.115. The lowest BCUT2D eigenvalue weighted by Crippen LogP contribution is -2.35. The molecule has 1 atom stereocenters. The summed E-state index contributed by atoms with van der Waals surface area (Å²) in [5, 5.41) is 0. The Labute approximate surface area is 109 Å². The third-order valence-corrected chi connectivity index (χ3v) is 3.10. The van der Waals surface area contributed by atoms with Gasteiger partial charge in [-0.05, 0) is 32.0 Å². The van der Waals surface area contributed by atoms with Gasteiger partial charge in [0.25, 0.3) is 0 Å². The Kier molecular flexibility index (Phi) is 7.35. The molecule has 0 saturated carbocycles. The predicted molar refractivity (Wildman–Crippen MR) is 73.0 cm³/mol. The Morgan fingerprint density at radius 1 is 1.41 bits per heavy atom. The van der Waals surface area contributed by atoms with E-state index in [0.717, 1.165) is 17.5 Å². The molecule has 0 aliphatic rings. The molecule has 0 spiro atoms. The third kappa shape index (κ3) is 4.26. The highest BCUT2D eigenvalue weighted by Crippen LogP contribution is 2.16. The van der Waals surface area contributed by atoms with Crippen LogP contribution in [0.1, 0.15) is 25.0 Å². The predicted octanol–water partition coefficient (Wildman–Crippen LogP) is 2.59. The minimum Gasteiger partial charge on any atom is -0.329 e. The molecule has 0 heterocycles. The van der Waals surface area contributed by atoms with Crippen LogP contribution in [-0.2, 0) is 13.0 Å². The summed E-state index contributed by atoms with van der Waals surface area (Å²) < 4.78 is 13.7. The van der Waals surface area contributed by atoms with Gasteiger partial charge in [0.15, 0.2) is 0 Å². The van der Waals surface area contributed by atoms with Gasteiger partial charge in [0.05, 0.1) is 0 Å². The summed E-state index contributed by atoms with van der Waals surface area (Å²) in [6.07, 6.45) is 0.859. The van der Waals surface area contributed by atoms with Gasteiger partial charge < -0.3 is 5.73 Å². The van der Waals surface area contributed by atoms with Crippen LogP contribution in [0.2, 0.25) is 0 Å². The average Bonchev–Trinajstić information content (AvgIpc) is 2.30. The first-order valence-electron chi connectivity index (χ1n) is 5.76. The van der Waals surface area contributed by atoms with E-state index >= 15 is 0 Å². The minimum atomic E-state index is -0.115. The Bertz CT molecular complexity index is 344. The van der Waals surface area contributed by atoms with E-state index in [-0.39, 0.29) is 24.3 Å². The zero-order chi connectivity index (χ0) is 12.1. The molecule has 0 aromatic heterocycles. The van der Waals surface area contributed by atoms with Crippen molar-refractivity contribution in [3.05, 3.63) is 35.1 Å². The fourth-order valence-corrected chi connectivity index (χ4v) is 1.70. The molecular weight excluding hydrogens is 239 g/mol. The largest absolute Gasteiger partial charge is 0.329 e. The van der Waals surface area contributed by atoms with E-state index in [2.05, 4.69) is 4.90 Å². The molecule has 4 heteroatoms. The summed E-state index contributed by atoms with van der Waals surface area (Å²) in [4.78, 5) is 2.08. The van der Waals surface area contributed by atoms with Crippen LogP contribution in [0.15, 0.2) is 18.2 Å². The number of likely N-dealkylation sites (N-methyl/N-ethyl adjacent to an activating group) is 1. The van der Waals surface area contributed by atoms with Crippen LogP contribution in [0.25, 0.3) is 0 Å². The van der Waals surface area contributed by atoms with Gasteiger partial charge in [-0.3, -0.25) is 4.90 Å². The number of nitrogens with two attached hydrogens (primary N) is 1. The van der Waals surface area contributed by atoms with Crippen LogP contribution in [0.5, 0.6) is 0 Å². The molecule has 1 unspecified atom stereocenters. The van der Waals surface area contributed by atoms with E-state index in [4.69, 9.17) is 5.73 Å². The highest BCUT2D eigenvalue weighted by atomic mass is 35.5. The first-order valence-corrected chi connectivity index (χ1v) is 5.76. The second-order valence-electron chi connectivity index (χ2n) is 4.23. The van der Waals surface area contributed by atoms with Gasteiger partial charge in [0, 0.05) is 24.7 Å². The van der Waals surface area contributed by atoms with Gasteiger partial charge >= 0.3 is 0 Å². The maximum Gasteiger partial charge on any atom is 0.127 e. The Hall–Kier alpha value is -0.640. The fraction of sp³-hybridized carbons (Fsp3) is 0.538. The first kappa shape index (κ1) is 16.4. The van der Waals surface area contributed by atoms with Crippen LogP contribution < -0.4 is 5.73 Å². The van der Waals surface area contributed by atoms with Gasteiger partial charge in [-0.1, -0.05) is 19.1 Å². The number of rotatable bonds is 5. The smallest absolute Gasteiger partial charge is 0.127 e. The fourth-order valence-electron chi connectivity index (χ4n) is 1.70. The van der Waals surface area contributed by atoms with Gasteiger partial charge in [-0.25, -0.2) is 4.39 Å². The lowest BCUT2D eigenvalue weighted by molar-refractivity contribution is 0.250. The first-order chi connectivity index (χ1) is 7.60. The van der Waals surface area contributed by atoms with Crippen LogP contribution in [0.4, 0.5) is 4.39 Å². The van der Waals surface area contributed by atoms with E-state index in [0.29, 0.717) is 13.1 Å². The van der Waals surface area contributed by atoms with E-state index in [1.165, 1.54) is 6.07 Å². The Balaban J connectivity index is 0.00000256. The second kappa shape index (κ2) is 7.64. The zero-order valence-corrected chi connectivity index (χ0v) is 11.6. The van der Waals surface area contributed by atoms with Crippen LogP contribution >= 0.6 is 12.4 Å². The summed E-state index contributed by atoms with van der Waals surface area (Å²) in [6.45, 7) is 5.30. The maximum atomic E-state index is 13.7. The van der Waals surface area contributed by atoms with Crippen molar-refractivity contribution in [1.82, 2.24) is 4.90 Å². The monoisotopic (exact) mass is 260 g/mol. The highest BCUT2D eigenvalue weighted by Gasteiger charge is 2.13.